The van der Waals surface area contributed by atoms with E-state index in [4.69, 9.17) is 0 Å². The van der Waals surface area contributed by atoms with Gasteiger partial charge in [-0.3, -0.25) is 9.59 Å². The number of aliphatic hydroxyl groups is 1. The summed E-state index contributed by atoms with van der Waals surface area (Å²) in [7, 11) is 1.18. The number of carbonyl (C=O) groups is 2. The molecule has 0 spiro atoms. The van der Waals surface area contributed by atoms with Crippen LogP contribution in [0.5, 0.6) is 5.75 Å². The second-order valence-electron chi connectivity index (χ2n) is 6.15. The molecule has 0 fully saturated rings. The molecule has 26 heavy (non-hydrogen) atoms. The van der Waals surface area contributed by atoms with Gasteiger partial charge in [-0.05, 0) is 24.6 Å². The van der Waals surface area contributed by atoms with Crippen molar-refractivity contribution in [3.05, 3.63) is 65.7 Å². The number of rotatable bonds is 4. The molecule has 0 radical (unpaired) electrons. The quantitative estimate of drug-likeness (QED) is 0.821. The van der Waals surface area contributed by atoms with E-state index in [1.807, 2.05) is 31.2 Å². The highest BCUT2D eigenvalue weighted by Crippen LogP contribution is 2.43. The highest BCUT2D eigenvalue weighted by Gasteiger charge is 2.50. The lowest BCUT2D eigenvalue weighted by Crippen LogP contribution is -2.51. The van der Waals surface area contributed by atoms with E-state index in [1.165, 1.54) is 24.2 Å². The zero-order valence-electron chi connectivity index (χ0n) is 14.5. The zero-order valence-corrected chi connectivity index (χ0v) is 14.5. The Morgan fingerprint density at radius 2 is 1.81 bits per heavy atom. The number of benzene rings is 2. The van der Waals surface area contributed by atoms with Crippen LogP contribution in [0.2, 0.25) is 0 Å². The highest BCUT2D eigenvalue weighted by atomic mass is 16.5. The van der Waals surface area contributed by atoms with E-state index in [-0.39, 0.29) is 11.4 Å². The average molecular weight is 353 g/mol. The van der Waals surface area contributed by atoms with E-state index in [2.05, 4.69) is 4.74 Å². The second kappa shape index (κ2) is 6.65. The van der Waals surface area contributed by atoms with Gasteiger partial charge in [-0.15, -0.1) is 0 Å². The number of methoxy groups -OCH3 is 1. The zero-order chi connectivity index (χ0) is 18.9. The first kappa shape index (κ1) is 17.7. The Labute approximate surface area is 150 Å². The number of carbonyl (C=O) groups excluding carboxylic acids is 2. The first-order valence-electron chi connectivity index (χ1n) is 8.07. The molecule has 0 bridgehead atoms. The standard InChI is InChI=1S/C20H19NO5/c1-13-7-9-14(10-8-13)16-11-18(23)20(25,12-19(24)26-2)21(16)15-5-3-4-6-17(15)22/h3-11,22,25H,12H2,1-2H3. The Balaban J connectivity index is 2.16. The van der Waals surface area contributed by atoms with Gasteiger partial charge in [-0.25, -0.2) is 0 Å². The molecule has 0 amide bonds. The molecule has 6 nitrogen and oxygen atoms in total. The number of hydrogen-bond donors (Lipinski definition) is 2. The molecular weight excluding hydrogens is 334 g/mol. The summed E-state index contributed by atoms with van der Waals surface area (Å²) in [5, 5.41) is 21.4. The maximum atomic E-state index is 12.6. The van der Waals surface area contributed by atoms with Gasteiger partial charge in [0.1, 0.15) is 12.2 Å². The lowest BCUT2D eigenvalue weighted by Gasteiger charge is -2.35. The van der Waals surface area contributed by atoms with Crippen LogP contribution in [0.15, 0.2) is 54.6 Å². The maximum absolute atomic E-state index is 12.6. The third-order valence-corrected chi connectivity index (χ3v) is 4.36. The van der Waals surface area contributed by atoms with Crippen molar-refractivity contribution in [1.29, 1.82) is 0 Å². The number of nitrogens with zero attached hydrogens (tertiary/aromatic N) is 1. The van der Waals surface area contributed by atoms with E-state index in [9.17, 15) is 19.8 Å². The van der Waals surface area contributed by atoms with Crippen LogP contribution >= 0.6 is 0 Å². The molecule has 0 aromatic heterocycles. The first-order chi connectivity index (χ1) is 12.4. The van der Waals surface area contributed by atoms with Crippen molar-refractivity contribution in [2.45, 2.75) is 19.1 Å². The Kier molecular flexibility index (Phi) is 4.52. The average Bonchev–Trinajstić information content (AvgIpc) is 2.87. The number of ketones is 1. The molecule has 0 saturated carbocycles. The summed E-state index contributed by atoms with van der Waals surface area (Å²) >= 11 is 0. The highest BCUT2D eigenvalue weighted by molar-refractivity contribution is 6.14. The molecule has 1 aliphatic heterocycles. The number of hydrogen-bond acceptors (Lipinski definition) is 6. The molecule has 1 unspecified atom stereocenters. The van der Waals surface area contributed by atoms with Gasteiger partial charge in [0.2, 0.25) is 11.5 Å². The van der Waals surface area contributed by atoms with Gasteiger partial charge < -0.3 is 19.8 Å². The summed E-state index contributed by atoms with van der Waals surface area (Å²) in [6.45, 7) is 1.94. The van der Waals surface area contributed by atoms with Gasteiger partial charge in [-0.2, -0.15) is 0 Å². The number of ether oxygens (including phenoxy) is 1. The van der Waals surface area contributed by atoms with Crippen LogP contribution in [0.4, 0.5) is 5.69 Å². The van der Waals surface area contributed by atoms with E-state index < -0.39 is 23.9 Å². The minimum Gasteiger partial charge on any atom is -0.506 e. The number of aromatic hydroxyl groups is 1. The molecule has 2 aromatic carbocycles. The predicted molar refractivity (Wildman–Crippen MR) is 96.3 cm³/mol. The fourth-order valence-corrected chi connectivity index (χ4v) is 2.97. The predicted octanol–water partition coefficient (Wildman–Crippen LogP) is 2.38. The number of aryl methyl sites for hydroxylation is 1. The Morgan fingerprint density at radius 1 is 1.15 bits per heavy atom. The van der Waals surface area contributed by atoms with Crippen LogP contribution in [0.3, 0.4) is 0 Å². The van der Waals surface area contributed by atoms with Crippen molar-refractivity contribution < 1.29 is 24.5 Å². The van der Waals surface area contributed by atoms with Crippen molar-refractivity contribution in [3.8, 4) is 5.75 Å². The number of esters is 1. The van der Waals surface area contributed by atoms with Crippen LogP contribution in [-0.4, -0.2) is 34.8 Å². The number of phenolic OH excluding ortho intramolecular Hbond substituents is 1. The smallest absolute Gasteiger partial charge is 0.310 e. The minimum absolute atomic E-state index is 0.122. The van der Waals surface area contributed by atoms with E-state index in [0.717, 1.165) is 5.56 Å². The fraction of sp³-hybridized carbons (Fsp3) is 0.200. The summed E-state index contributed by atoms with van der Waals surface area (Å²) in [6, 6.07) is 13.7. The molecule has 1 heterocycles. The molecule has 6 heteroatoms. The van der Waals surface area contributed by atoms with Crippen molar-refractivity contribution in [1.82, 2.24) is 0 Å². The van der Waals surface area contributed by atoms with Gasteiger partial charge >= 0.3 is 5.97 Å². The SMILES string of the molecule is COC(=O)CC1(O)C(=O)C=C(c2ccc(C)cc2)N1c1ccccc1O. The minimum atomic E-state index is -2.17. The van der Waals surface area contributed by atoms with Crippen LogP contribution in [0, 0.1) is 6.92 Å². The summed E-state index contributed by atoms with van der Waals surface area (Å²) in [6.07, 6.45) is 0.711. The van der Waals surface area contributed by atoms with Gasteiger partial charge in [0, 0.05) is 6.08 Å². The van der Waals surface area contributed by atoms with Crippen LogP contribution < -0.4 is 4.90 Å². The molecule has 2 N–H and O–H groups in total. The van der Waals surface area contributed by atoms with E-state index in [1.54, 1.807) is 18.2 Å². The Morgan fingerprint density at radius 3 is 2.42 bits per heavy atom. The van der Waals surface area contributed by atoms with Gasteiger partial charge in [0.15, 0.2) is 0 Å². The van der Waals surface area contributed by atoms with Gasteiger partial charge in [0.25, 0.3) is 0 Å². The van der Waals surface area contributed by atoms with Gasteiger partial charge in [-0.1, -0.05) is 42.0 Å². The normalized spacial score (nSPS) is 19.4. The van der Waals surface area contributed by atoms with Crippen molar-refractivity contribution in [2.24, 2.45) is 0 Å². The molecule has 3 rings (SSSR count). The number of phenols is 1. The lowest BCUT2D eigenvalue weighted by atomic mass is 10.0. The molecule has 0 aliphatic carbocycles. The molecular formula is C20H19NO5. The molecule has 134 valence electrons. The van der Waals surface area contributed by atoms with Crippen LogP contribution in [0.1, 0.15) is 17.5 Å². The molecule has 1 aliphatic rings. The lowest BCUT2D eigenvalue weighted by molar-refractivity contribution is -0.150. The second-order valence-corrected chi connectivity index (χ2v) is 6.15. The monoisotopic (exact) mass is 353 g/mol. The number of anilines is 1. The topological polar surface area (TPSA) is 87.1 Å². The Hall–Kier alpha value is -3.12. The van der Waals surface area contributed by atoms with Crippen molar-refractivity contribution >= 4 is 23.1 Å². The third-order valence-electron chi connectivity index (χ3n) is 4.36. The largest absolute Gasteiger partial charge is 0.506 e. The summed E-state index contributed by atoms with van der Waals surface area (Å²) in [5.41, 5.74) is 0.150. The van der Waals surface area contributed by atoms with Gasteiger partial charge in [0.05, 0.1) is 18.5 Å². The molecule has 1 atom stereocenters. The van der Waals surface area contributed by atoms with E-state index in [0.29, 0.717) is 11.3 Å². The number of para-hydroxylation sites is 2. The van der Waals surface area contributed by atoms with Crippen LogP contribution in [-0.2, 0) is 14.3 Å². The fourth-order valence-electron chi connectivity index (χ4n) is 2.97. The first-order valence-corrected chi connectivity index (χ1v) is 8.07. The summed E-state index contributed by atoms with van der Waals surface area (Å²) in [5.74, 6) is -1.51. The molecule has 0 saturated heterocycles. The maximum Gasteiger partial charge on any atom is 0.310 e. The summed E-state index contributed by atoms with van der Waals surface area (Å²) < 4.78 is 4.63. The Bertz CT molecular complexity index is 887. The third kappa shape index (κ3) is 2.95. The molecule has 2 aromatic rings. The van der Waals surface area contributed by atoms with E-state index >= 15 is 0 Å². The van der Waals surface area contributed by atoms with Crippen molar-refractivity contribution in [3.63, 3.8) is 0 Å². The summed E-state index contributed by atoms with van der Waals surface area (Å²) in [4.78, 5) is 25.7. The van der Waals surface area contributed by atoms with Crippen molar-refractivity contribution in [2.75, 3.05) is 12.0 Å². The van der Waals surface area contributed by atoms with Crippen LogP contribution in [0.25, 0.3) is 5.70 Å².